The van der Waals surface area contributed by atoms with Gasteiger partial charge in [-0.25, -0.2) is 0 Å². The number of H-pyrrole nitrogens is 1. The van der Waals surface area contributed by atoms with Crippen molar-refractivity contribution in [2.45, 2.75) is 19.9 Å². The number of imide groups is 1. The van der Waals surface area contributed by atoms with Crippen molar-refractivity contribution in [1.82, 2.24) is 20.2 Å². The fourth-order valence-electron chi connectivity index (χ4n) is 4.80. The van der Waals surface area contributed by atoms with E-state index in [-0.39, 0.29) is 0 Å². The Morgan fingerprint density at radius 1 is 0.943 bits per heavy atom. The molecule has 0 unspecified atom stereocenters. The highest BCUT2D eigenvalue weighted by Crippen LogP contribution is 2.41. The summed E-state index contributed by atoms with van der Waals surface area (Å²) >= 11 is 0. The van der Waals surface area contributed by atoms with Crippen LogP contribution in [0.4, 0.5) is 0 Å². The number of rotatable bonds is 9. The fraction of sp³-hybridized carbons (Fsp3) is 0.259. The molecule has 8 nitrogen and oxygen atoms in total. The Bertz CT molecular complexity index is 1480. The van der Waals surface area contributed by atoms with Crippen molar-refractivity contribution >= 4 is 44.8 Å². The first kappa shape index (κ1) is 22.7. The Kier molecular flexibility index (Phi) is 6.05. The summed E-state index contributed by atoms with van der Waals surface area (Å²) in [6.45, 7) is 4.60. The van der Waals surface area contributed by atoms with Gasteiger partial charge in [-0.15, -0.1) is 0 Å². The molecule has 0 fully saturated rings. The first-order chi connectivity index (χ1) is 17.1. The van der Waals surface area contributed by atoms with Crippen LogP contribution < -0.4 is 20.1 Å². The van der Waals surface area contributed by atoms with Gasteiger partial charge in [0.1, 0.15) is 0 Å². The molecule has 0 atom stereocenters. The number of carbonyl (C=O) groups excluding carboxylic acids is 2. The van der Waals surface area contributed by atoms with E-state index in [2.05, 4.69) is 27.1 Å². The van der Waals surface area contributed by atoms with Crippen molar-refractivity contribution in [3.05, 3.63) is 59.9 Å². The van der Waals surface area contributed by atoms with Crippen LogP contribution in [0.15, 0.2) is 48.8 Å². The van der Waals surface area contributed by atoms with Gasteiger partial charge in [-0.3, -0.25) is 14.9 Å². The summed E-state index contributed by atoms with van der Waals surface area (Å²) in [5.74, 6) is 0.362. The SMILES string of the molecule is CCNCCCn1cc(C2=C(c3c[nH]c4ccccc34)C(=O)NC2=O)c2cc(OC)c(OC)cc21. The van der Waals surface area contributed by atoms with E-state index in [1.54, 1.807) is 20.4 Å². The fourth-order valence-corrected chi connectivity index (χ4v) is 4.80. The molecule has 3 N–H and O–H groups in total. The Morgan fingerprint density at radius 3 is 2.40 bits per heavy atom. The minimum Gasteiger partial charge on any atom is -0.493 e. The molecule has 35 heavy (non-hydrogen) atoms. The van der Waals surface area contributed by atoms with Crippen LogP contribution in [-0.2, 0) is 16.1 Å². The van der Waals surface area contributed by atoms with Crippen LogP contribution in [0, 0.1) is 0 Å². The number of hydrogen-bond acceptors (Lipinski definition) is 5. The molecule has 0 bridgehead atoms. The van der Waals surface area contributed by atoms with E-state index in [9.17, 15) is 9.59 Å². The maximum atomic E-state index is 13.2. The number of fused-ring (bicyclic) bond motifs is 2. The summed E-state index contributed by atoms with van der Waals surface area (Å²) in [7, 11) is 3.18. The molecule has 0 saturated heterocycles. The van der Waals surface area contributed by atoms with Crippen molar-refractivity contribution < 1.29 is 19.1 Å². The molecular weight excluding hydrogens is 444 g/mol. The van der Waals surface area contributed by atoms with Gasteiger partial charge >= 0.3 is 0 Å². The highest BCUT2D eigenvalue weighted by Gasteiger charge is 2.35. The minimum atomic E-state index is -0.406. The van der Waals surface area contributed by atoms with Gasteiger partial charge in [-0.2, -0.15) is 0 Å². The van der Waals surface area contributed by atoms with Crippen molar-refractivity contribution in [3.63, 3.8) is 0 Å². The average Bonchev–Trinajstić information content (AvgIpc) is 3.53. The zero-order valence-corrected chi connectivity index (χ0v) is 20.0. The van der Waals surface area contributed by atoms with Gasteiger partial charge in [-0.1, -0.05) is 25.1 Å². The molecular formula is C27H28N4O4. The predicted octanol–water partition coefficient (Wildman–Crippen LogP) is 3.71. The third kappa shape index (κ3) is 3.85. The lowest BCUT2D eigenvalue weighted by Crippen LogP contribution is -2.22. The normalized spacial score (nSPS) is 13.8. The van der Waals surface area contributed by atoms with E-state index in [0.717, 1.165) is 47.9 Å². The second-order valence-electron chi connectivity index (χ2n) is 8.45. The second kappa shape index (κ2) is 9.31. The number of para-hydroxylation sites is 1. The number of carbonyl (C=O) groups is 2. The van der Waals surface area contributed by atoms with Gasteiger partial charge in [0.15, 0.2) is 11.5 Å². The van der Waals surface area contributed by atoms with E-state index >= 15 is 0 Å². The molecule has 2 amide bonds. The zero-order chi connectivity index (χ0) is 24.5. The van der Waals surface area contributed by atoms with Gasteiger partial charge in [0.05, 0.1) is 30.9 Å². The van der Waals surface area contributed by atoms with Gasteiger partial charge < -0.3 is 24.3 Å². The monoisotopic (exact) mass is 472 g/mol. The summed E-state index contributed by atoms with van der Waals surface area (Å²) in [6.07, 6.45) is 4.65. The van der Waals surface area contributed by atoms with Crippen molar-refractivity contribution in [3.8, 4) is 11.5 Å². The van der Waals surface area contributed by atoms with E-state index in [4.69, 9.17) is 9.47 Å². The number of hydrogen-bond donors (Lipinski definition) is 3. The molecule has 8 heteroatoms. The molecule has 1 aliphatic rings. The Morgan fingerprint density at radius 2 is 1.66 bits per heavy atom. The number of aromatic amines is 1. The Labute approximate surface area is 202 Å². The molecule has 5 rings (SSSR count). The van der Waals surface area contributed by atoms with Crippen LogP contribution in [0.1, 0.15) is 24.5 Å². The van der Waals surface area contributed by atoms with E-state index in [0.29, 0.717) is 33.8 Å². The highest BCUT2D eigenvalue weighted by atomic mass is 16.5. The Balaban J connectivity index is 1.74. The van der Waals surface area contributed by atoms with Crippen LogP contribution in [0.3, 0.4) is 0 Å². The predicted molar refractivity (Wildman–Crippen MR) is 136 cm³/mol. The minimum absolute atomic E-state index is 0.363. The summed E-state index contributed by atoms with van der Waals surface area (Å²) in [6, 6.07) is 11.5. The van der Waals surface area contributed by atoms with Gasteiger partial charge in [-0.05, 0) is 31.6 Å². The lowest BCUT2D eigenvalue weighted by Gasteiger charge is -2.10. The van der Waals surface area contributed by atoms with Crippen LogP contribution in [0.5, 0.6) is 11.5 Å². The smallest absolute Gasteiger partial charge is 0.259 e. The number of benzene rings is 2. The molecule has 2 aromatic heterocycles. The maximum absolute atomic E-state index is 13.2. The number of ether oxygens (including phenoxy) is 2. The number of aromatic nitrogens is 2. The van der Waals surface area contributed by atoms with Crippen LogP contribution in [0.2, 0.25) is 0 Å². The molecule has 3 heterocycles. The molecule has 1 aliphatic heterocycles. The third-order valence-corrected chi connectivity index (χ3v) is 6.45. The van der Waals surface area contributed by atoms with Gasteiger partial charge in [0, 0.05) is 52.4 Å². The molecule has 4 aromatic rings. The van der Waals surface area contributed by atoms with E-state index in [1.807, 2.05) is 42.6 Å². The lowest BCUT2D eigenvalue weighted by molar-refractivity contribution is -0.122. The summed E-state index contributed by atoms with van der Waals surface area (Å²) in [4.78, 5) is 29.5. The number of nitrogens with one attached hydrogen (secondary N) is 3. The first-order valence-electron chi connectivity index (χ1n) is 11.7. The standard InChI is InChI=1S/C27H28N4O4/c1-4-28-10-7-11-31-15-19(17-12-22(34-2)23(35-3)13-21(17)31)25-24(26(32)30-27(25)33)18-14-29-20-9-6-5-8-16(18)20/h5-6,8-9,12-15,28-29H,4,7,10-11H2,1-3H3,(H,30,32,33). The maximum Gasteiger partial charge on any atom is 0.259 e. The van der Waals surface area contributed by atoms with Gasteiger partial charge in [0.2, 0.25) is 0 Å². The van der Waals surface area contributed by atoms with E-state index in [1.165, 1.54) is 0 Å². The lowest BCUT2D eigenvalue weighted by atomic mass is 9.95. The quantitative estimate of drug-likeness (QED) is 0.255. The largest absolute Gasteiger partial charge is 0.493 e. The van der Waals surface area contributed by atoms with Crippen molar-refractivity contribution in [1.29, 1.82) is 0 Å². The van der Waals surface area contributed by atoms with Crippen molar-refractivity contribution in [2.75, 3.05) is 27.3 Å². The number of aryl methyl sites for hydroxylation is 1. The summed E-state index contributed by atoms with van der Waals surface area (Å²) < 4.78 is 13.2. The molecule has 2 aromatic carbocycles. The van der Waals surface area contributed by atoms with Crippen molar-refractivity contribution in [2.24, 2.45) is 0 Å². The highest BCUT2D eigenvalue weighted by molar-refractivity contribution is 6.50. The van der Waals surface area contributed by atoms with Gasteiger partial charge in [0.25, 0.3) is 11.8 Å². The molecule has 0 saturated carbocycles. The first-order valence-corrected chi connectivity index (χ1v) is 11.7. The molecule has 180 valence electrons. The second-order valence-corrected chi connectivity index (χ2v) is 8.45. The zero-order valence-electron chi connectivity index (χ0n) is 20.0. The topological polar surface area (TPSA) is 97.4 Å². The van der Waals surface area contributed by atoms with Crippen LogP contribution in [-0.4, -0.2) is 48.7 Å². The van der Waals surface area contributed by atoms with Crippen LogP contribution in [0.25, 0.3) is 33.0 Å². The van der Waals surface area contributed by atoms with E-state index < -0.39 is 11.8 Å². The molecule has 0 radical (unpaired) electrons. The van der Waals surface area contributed by atoms with Crippen LogP contribution >= 0.6 is 0 Å². The number of amides is 2. The number of nitrogens with zero attached hydrogens (tertiary/aromatic N) is 1. The Hall–Kier alpha value is -4.04. The third-order valence-electron chi connectivity index (χ3n) is 6.45. The molecule has 0 spiro atoms. The number of methoxy groups -OCH3 is 2. The average molecular weight is 473 g/mol. The summed E-state index contributed by atoms with van der Waals surface area (Å²) in [5, 5.41) is 7.57. The summed E-state index contributed by atoms with van der Waals surface area (Å²) in [5.41, 5.74) is 3.93. The molecule has 0 aliphatic carbocycles.